The molecular weight excluding hydrogens is 200 g/mol. The summed E-state index contributed by atoms with van der Waals surface area (Å²) in [6.45, 7) is 9.44. The lowest BCUT2D eigenvalue weighted by molar-refractivity contribution is 0.481. The Bertz CT molecular complexity index is 364. The van der Waals surface area contributed by atoms with E-state index >= 15 is 0 Å². The Labute approximate surface area is 97.1 Å². The molecule has 16 heavy (non-hydrogen) atoms. The Kier molecular flexibility index (Phi) is 3.39. The fourth-order valence-electron chi connectivity index (χ4n) is 2.07. The predicted molar refractivity (Wildman–Crippen MR) is 65.8 cm³/mol. The zero-order valence-corrected chi connectivity index (χ0v) is 10.3. The SMILES string of the molecule is CCc1nc(C)cc(N2CCN[C@H](C)C2)n1. The van der Waals surface area contributed by atoms with Crippen molar-refractivity contribution in [3.05, 3.63) is 17.6 Å². The van der Waals surface area contributed by atoms with E-state index in [1.165, 1.54) is 0 Å². The summed E-state index contributed by atoms with van der Waals surface area (Å²) >= 11 is 0. The standard InChI is InChI=1S/C12H20N4/c1-4-11-14-9(2)7-12(15-11)16-6-5-13-10(3)8-16/h7,10,13H,4-6,8H2,1-3H3/t10-/m1/s1. The molecule has 0 amide bonds. The molecular formula is C12H20N4. The quantitative estimate of drug-likeness (QED) is 0.811. The van der Waals surface area contributed by atoms with Gasteiger partial charge >= 0.3 is 0 Å². The summed E-state index contributed by atoms with van der Waals surface area (Å²) in [4.78, 5) is 11.4. The van der Waals surface area contributed by atoms with Crippen LogP contribution in [0.15, 0.2) is 6.07 Å². The van der Waals surface area contributed by atoms with Crippen molar-refractivity contribution in [2.45, 2.75) is 33.2 Å². The van der Waals surface area contributed by atoms with Gasteiger partial charge in [0.05, 0.1) is 0 Å². The van der Waals surface area contributed by atoms with Crippen molar-refractivity contribution >= 4 is 5.82 Å². The number of piperazine rings is 1. The number of nitrogens with zero attached hydrogens (tertiary/aromatic N) is 3. The number of rotatable bonds is 2. The highest BCUT2D eigenvalue weighted by Crippen LogP contribution is 2.14. The maximum absolute atomic E-state index is 4.60. The lowest BCUT2D eigenvalue weighted by Crippen LogP contribution is -2.49. The minimum Gasteiger partial charge on any atom is -0.354 e. The molecule has 1 aromatic heterocycles. The topological polar surface area (TPSA) is 41.1 Å². The van der Waals surface area contributed by atoms with E-state index in [1.807, 2.05) is 6.92 Å². The molecule has 88 valence electrons. The van der Waals surface area contributed by atoms with Crippen molar-refractivity contribution in [1.29, 1.82) is 0 Å². The van der Waals surface area contributed by atoms with Crippen LogP contribution in [0.25, 0.3) is 0 Å². The number of aromatic nitrogens is 2. The lowest BCUT2D eigenvalue weighted by atomic mass is 10.2. The van der Waals surface area contributed by atoms with E-state index in [0.717, 1.165) is 43.4 Å². The van der Waals surface area contributed by atoms with Gasteiger partial charge in [0, 0.05) is 43.9 Å². The zero-order valence-electron chi connectivity index (χ0n) is 10.3. The van der Waals surface area contributed by atoms with E-state index in [4.69, 9.17) is 0 Å². The molecule has 0 bridgehead atoms. The van der Waals surface area contributed by atoms with E-state index in [0.29, 0.717) is 6.04 Å². The average Bonchev–Trinajstić information content (AvgIpc) is 2.28. The van der Waals surface area contributed by atoms with Gasteiger partial charge in [0.15, 0.2) is 0 Å². The molecule has 1 aliphatic heterocycles. The van der Waals surface area contributed by atoms with E-state index in [2.05, 4.69) is 40.1 Å². The lowest BCUT2D eigenvalue weighted by Gasteiger charge is -2.33. The van der Waals surface area contributed by atoms with Crippen molar-refractivity contribution in [3.8, 4) is 0 Å². The molecule has 1 aliphatic rings. The van der Waals surface area contributed by atoms with Crippen molar-refractivity contribution in [1.82, 2.24) is 15.3 Å². The summed E-state index contributed by atoms with van der Waals surface area (Å²) in [5.41, 5.74) is 1.06. The van der Waals surface area contributed by atoms with Gasteiger partial charge in [-0.15, -0.1) is 0 Å². The van der Waals surface area contributed by atoms with E-state index in [9.17, 15) is 0 Å². The average molecular weight is 220 g/mol. The third-order valence-corrected chi connectivity index (χ3v) is 2.90. The molecule has 4 heteroatoms. The summed E-state index contributed by atoms with van der Waals surface area (Å²) in [5.74, 6) is 2.03. The van der Waals surface area contributed by atoms with Crippen molar-refractivity contribution < 1.29 is 0 Å². The molecule has 2 rings (SSSR count). The van der Waals surface area contributed by atoms with Crippen LogP contribution in [0, 0.1) is 6.92 Å². The van der Waals surface area contributed by atoms with Gasteiger partial charge in [0.1, 0.15) is 11.6 Å². The molecule has 0 spiro atoms. The van der Waals surface area contributed by atoms with Crippen LogP contribution in [0.5, 0.6) is 0 Å². The van der Waals surface area contributed by atoms with Gasteiger partial charge in [0.2, 0.25) is 0 Å². The van der Waals surface area contributed by atoms with Gasteiger partial charge in [-0.3, -0.25) is 0 Å². The van der Waals surface area contributed by atoms with Gasteiger partial charge in [0.25, 0.3) is 0 Å². The largest absolute Gasteiger partial charge is 0.354 e. The maximum Gasteiger partial charge on any atom is 0.132 e. The molecule has 0 unspecified atom stereocenters. The van der Waals surface area contributed by atoms with Crippen molar-refractivity contribution in [3.63, 3.8) is 0 Å². The van der Waals surface area contributed by atoms with Crippen LogP contribution in [-0.4, -0.2) is 35.6 Å². The molecule has 1 N–H and O–H groups in total. The van der Waals surface area contributed by atoms with Gasteiger partial charge < -0.3 is 10.2 Å². The van der Waals surface area contributed by atoms with Gasteiger partial charge in [-0.25, -0.2) is 9.97 Å². The number of nitrogens with one attached hydrogen (secondary N) is 1. The maximum atomic E-state index is 4.60. The van der Waals surface area contributed by atoms with E-state index < -0.39 is 0 Å². The van der Waals surface area contributed by atoms with Crippen LogP contribution in [0.3, 0.4) is 0 Å². The summed E-state index contributed by atoms with van der Waals surface area (Å²) in [5, 5.41) is 3.44. The predicted octanol–water partition coefficient (Wildman–Crippen LogP) is 1.15. The second-order valence-electron chi connectivity index (χ2n) is 4.44. The monoisotopic (exact) mass is 220 g/mol. The summed E-state index contributed by atoms with van der Waals surface area (Å²) < 4.78 is 0. The second-order valence-corrected chi connectivity index (χ2v) is 4.44. The van der Waals surface area contributed by atoms with Crippen molar-refractivity contribution in [2.24, 2.45) is 0 Å². The van der Waals surface area contributed by atoms with Gasteiger partial charge in [-0.2, -0.15) is 0 Å². The van der Waals surface area contributed by atoms with Crippen LogP contribution in [-0.2, 0) is 6.42 Å². The van der Waals surface area contributed by atoms with Crippen LogP contribution in [0.2, 0.25) is 0 Å². The highest BCUT2D eigenvalue weighted by atomic mass is 15.2. The Morgan fingerprint density at radius 1 is 1.50 bits per heavy atom. The Balaban J connectivity index is 2.21. The second kappa shape index (κ2) is 4.78. The summed E-state index contributed by atoms with van der Waals surface area (Å²) in [7, 11) is 0. The Morgan fingerprint density at radius 3 is 3.00 bits per heavy atom. The Hall–Kier alpha value is -1.16. The molecule has 0 aromatic carbocycles. The molecule has 1 aromatic rings. The first-order chi connectivity index (χ1) is 7.69. The zero-order chi connectivity index (χ0) is 11.5. The number of anilines is 1. The molecule has 1 saturated heterocycles. The molecule has 2 heterocycles. The van der Waals surface area contributed by atoms with Crippen LogP contribution < -0.4 is 10.2 Å². The van der Waals surface area contributed by atoms with Crippen LogP contribution in [0.1, 0.15) is 25.4 Å². The number of hydrogen-bond donors (Lipinski definition) is 1. The first kappa shape index (κ1) is 11.3. The Morgan fingerprint density at radius 2 is 2.31 bits per heavy atom. The van der Waals surface area contributed by atoms with E-state index in [1.54, 1.807) is 0 Å². The molecule has 4 nitrogen and oxygen atoms in total. The summed E-state index contributed by atoms with van der Waals surface area (Å²) in [6, 6.07) is 2.62. The smallest absolute Gasteiger partial charge is 0.132 e. The first-order valence-electron chi connectivity index (χ1n) is 6.02. The molecule has 1 fully saturated rings. The fraction of sp³-hybridized carbons (Fsp3) is 0.667. The number of aryl methyl sites for hydroxylation is 2. The van der Waals surface area contributed by atoms with Gasteiger partial charge in [-0.05, 0) is 13.8 Å². The molecule has 1 atom stereocenters. The third-order valence-electron chi connectivity index (χ3n) is 2.90. The molecule has 0 radical (unpaired) electrons. The van der Waals surface area contributed by atoms with Gasteiger partial charge in [-0.1, -0.05) is 6.92 Å². The third kappa shape index (κ3) is 2.50. The molecule has 0 aliphatic carbocycles. The van der Waals surface area contributed by atoms with E-state index in [-0.39, 0.29) is 0 Å². The first-order valence-corrected chi connectivity index (χ1v) is 6.02. The van der Waals surface area contributed by atoms with Crippen LogP contribution >= 0.6 is 0 Å². The highest BCUT2D eigenvalue weighted by Gasteiger charge is 2.17. The minimum atomic E-state index is 0.536. The van der Waals surface area contributed by atoms with Crippen LogP contribution in [0.4, 0.5) is 5.82 Å². The fourth-order valence-corrected chi connectivity index (χ4v) is 2.07. The highest BCUT2D eigenvalue weighted by molar-refractivity contribution is 5.40. The summed E-state index contributed by atoms with van der Waals surface area (Å²) in [6.07, 6.45) is 0.899. The minimum absolute atomic E-state index is 0.536. The number of hydrogen-bond acceptors (Lipinski definition) is 4. The molecule has 0 saturated carbocycles. The van der Waals surface area contributed by atoms with Crippen molar-refractivity contribution in [2.75, 3.05) is 24.5 Å². The normalized spacial score (nSPS) is 21.2.